The van der Waals surface area contributed by atoms with E-state index in [2.05, 4.69) is 5.32 Å². The first kappa shape index (κ1) is 14.4. The van der Waals surface area contributed by atoms with E-state index in [-0.39, 0.29) is 12.0 Å². The highest BCUT2D eigenvalue weighted by Gasteiger charge is 2.26. The van der Waals surface area contributed by atoms with Gasteiger partial charge >= 0.3 is 0 Å². The maximum atomic E-state index is 12.2. The van der Waals surface area contributed by atoms with Crippen molar-refractivity contribution in [2.45, 2.75) is 6.10 Å². The van der Waals surface area contributed by atoms with Crippen molar-refractivity contribution in [2.24, 2.45) is 0 Å². The Morgan fingerprint density at radius 2 is 2.00 bits per heavy atom. The number of rotatable bonds is 7. The quantitative estimate of drug-likeness (QED) is 0.630. The fourth-order valence-corrected chi connectivity index (χ4v) is 1.66. The molecule has 1 rings (SSSR count). The molecule has 0 spiro atoms. The fraction of sp³-hybridized carbons (Fsp3) is 0.909. The summed E-state index contributed by atoms with van der Waals surface area (Å²) >= 11 is 0. The SMILES string of the molecule is COCCN(CCOC)C(=O)C1CNCCO1. The first-order chi connectivity index (χ1) is 8.29. The van der Waals surface area contributed by atoms with Gasteiger partial charge in [0.25, 0.3) is 5.91 Å². The molecule has 0 aromatic rings. The highest BCUT2D eigenvalue weighted by molar-refractivity contribution is 5.81. The number of hydrogen-bond donors (Lipinski definition) is 1. The smallest absolute Gasteiger partial charge is 0.253 e. The summed E-state index contributed by atoms with van der Waals surface area (Å²) in [5.74, 6) is 0.00583. The molecule has 6 heteroatoms. The molecule has 100 valence electrons. The molecule has 0 aromatic carbocycles. The van der Waals surface area contributed by atoms with Gasteiger partial charge < -0.3 is 24.4 Å². The summed E-state index contributed by atoms with van der Waals surface area (Å²) in [6.45, 7) is 4.15. The summed E-state index contributed by atoms with van der Waals surface area (Å²) in [6, 6.07) is 0. The Hall–Kier alpha value is -0.690. The molecule has 1 heterocycles. The van der Waals surface area contributed by atoms with Gasteiger partial charge in [0.2, 0.25) is 0 Å². The zero-order chi connectivity index (χ0) is 12.5. The summed E-state index contributed by atoms with van der Waals surface area (Å²) in [5.41, 5.74) is 0. The van der Waals surface area contributed by atoms with E-state index in [1.54, 1.807) is 19.1 Å². The van der Waals surface area contributed by atoms with E-state index in [1.807, 2.05) is 0 Å². The van der Waals surface area contributed by atoms with Crippen molar-refractivity contribution in [3.63, 3.8) is 0 Å². The molecule has 0 radical (unpaired) electrons. The molecular formula is C11H22N2O4. The molecule has 1 unspecified atom stereocenters. The van der Waals surface area contributed by atoms with E-state index in [0.717, 1.165) is 6.54 Å². The normalized spacial score (nSPS) is 20.2. The number of ether oxygens (including phenoxy) is 3. The Labute approximate surface area is 102 Å². The van der Waals surface area contributed by atoms with Crippen molar-refractivity contribution < 1.29 is 19.0 Å². The van der Waals surface area contributed by atoms with Crippen LogP contribution in [0.25, 0.3) is 0 Å². The van der Waals surface area contributed by atoms with Gasteiger partial charge in [0.1, 0.15) is 6.10 Å². The van der Waals surface area contributed by atoms with Crippen molar-refractivity contribution in [1.29, 1.82) is 0 Å². The molecule has 1 aliphatic heterocycles. The second-order valence-electron chi connectivity index (χ2n) is 3.87. The minimum Gasteiger partial charge on any atom is -0.383 e. The van der Waals surface area contributed by atoms with Crippen LogP contribution in [0.4, 0.5) is 0 Å². The zero-order valence-electron chi connectivity index (χ0n) is 10.6. The van der Waals surface area contributed by atoms with E-state index in [1.165, 1.54) is 0 Å². The van der Waals surface area contributed by atoms with Crippen molar-refractivity contribution in [2.75, 3.05) is 60.2 Å². The van der Waals surface area contributed by atoms with Crippen LogP contribution in [0.3, 0.4) is 0 Å². The van der Waals surface area contributed by atoms with Gasteiger partial charge in [0, 0.05) is 40.4 Å². The third kappa shape index (κ3) is 4.99. The standard InChI is InChI=1S/C11H22N2O4/c1-15-7-4-13(5-8-16-2)11(14)10-9-12-3-6-17-10/h10,12H,3-9H2,1-2H3. The number of nitrogens with zero attached hydrogens (tertiary/aromatic N) is 1. The van der Waals surface area contributed by atoms with E-state index in [0.29, 0.717) is 39.5 Å². The number of carbonyl (C=O) groups excluding carboxylic acids is 1. The molecule has 17 heavy (non-hydrogen) atoms. The van der Waals surface area contributed by atoms with Gasteiger partial charge in [-0.05, 0) is 0 Å². The van der Waals surface area contributed by atoms with E-state index in [4.69, 9.17) is 14.2 Å². The lowest BCUT2D eigenvalue weighted by atomic mass is 10.2. The molecule has 1 aliphatic rings. The van der Waals surface area contributed by atoms with Crippen molar-refractivity contribution in [3.8, 4) is 0 Å². The van der Waals surface area contributed by atoms with Gasteiger partial charge in [-0.3, -0.25) is 4.79 Å². The minimum absolute atomic E-state index is 0.00583. The Kier molecular flexibility index (Phi) is 7.11. The van der Waals surface area contributed by atoms with Crippen LogP contribution in [-0.4, -0.2) is 77.1 Å². The van der Waals surface area contributed by atoms with Gasteiger partial charge in [-0.2, -0.15) is 0 Å². The largest absolute Gasteiger partial charge is 0.383 e. The summed E-state index contributed by atoms with van der Waals surface area (Å²) in [6.07, 6.45) is -0.377. The lowest BCUT2D eigenvalue weighted by Crippen LogP contribution is -2.50. The van der Waals surface area contributed by atoms with Crippen molar-refractivity contribution in [3.05, 3.63) is 0 Å². The van der Waals surface area contributed by atoms with E-state index >= 15 is 0 Å². The van der Waals surface area contributed by atoms with Crippen LogP contribution in [0.5, 0.6) is 0 Å². The lowest BCUT2D eigenvalue weighted by Gasteiger charge is -2.29. The molecule has 1 atom stereocenters. The number of carbonyl (C=O) groups is 1. The first-order valence-electron chi connectivity index (χ1n) is 5.88. The maximum absolute atomic E-state index is 12.2. The Balaban J connectivity index is 2.44. The number of morpholine rings is 1. The molecule has 6 nitrogen and oxygen atoms in total. The monoisotopic (exact) mass is 246 g/mol. The molecule has 0 aromatic heterocycles. The highest BCUT2D eigenvalue weighted by Crippen LogP contribution is 2.02. The van der Waals surface area contributed by atoms with E-state index in [9.17, 15) is 4.79 Å². The van der Waals surface area contributed by atoms with Crippen molar-refractivity contribution >= 4 is 5.91 Å². The maximum Gasteiger partial charge on any atom is 0.253 e. The number of methoxy groups -OCH3 is 2. The summed E-state index contributed by atoms with van der Waals surface area (Å²) in [5, 5.41) is 3.15. The molecule has 0 aliphatic carbocycles. The van der Waals surface area contributed by atoms with Crippen LogP contribution in [0.1, 0.15) is 0 Å². The van der Waals surface area contributed by atoms with Gasteiger partial charge in [0.05, 0.1) is 19.8 Å². The molecular weight excluding hydrogens is 224 g/mol. The van der Waals surface area contributed by atoms with Crippen LogP contribution in [0, 0.1) is 0 Å². The molecule has 1 fully saturated rings. The van der Waals surface area contributed by atoms with Gasteiger partial charge in [-0.25, -0.2) is 0 Å². The summed E-state index contributed by atoms with van der Waals surface area (Å²) < 4.78 is 15.4. The second-order valence-corrected chi connectivity index (χ2v) is 3.87. The summed E-state index contributed by atoms with van der Waals surface area (Å²) in [4.78, 5) is 13.9. The Bertz CT molecular complexity index is 212. The third-order valence-electron chi connectivity index (χ3n) is 2.65. The Morgan fingerprint density at radius 1 is 1.35 bits per heavy atom. The third-order valence-corrected chi connectivity index (χ3v) is 2.65. The predicted octanol–water partition coefficient (Wildman–Crippen LogP) is -0.904. The number of amides is 1. The summed E-state index contributed by atoms with van der Waals surface area (Å²) in [7, 11) is 3.25. The Morgan fingerprint density at radius 3 is 2.47 bits per heavy atom. The highest BCUT2D eigenvalue weighted by atomic mass is 16.5. The first-order valence-corrected chi connectivity index (χ1v) is 5.88. The fourth-order valence-electron chi connectivity index (χ4n) is 1.66. The average Bonchev–Trinajstić information content (AvgIpc) is 2.39. The molecule has 0 bridgehead atoms. The second kappa shape index (κ2) is 8.41. The predicted molar refractivity (Wildman–Crippen MR) is 62.9 cm³/mol. The average molecular weight is 246 g/mol. The molecule has 1 saturated heterocycles. The van der Waals surface area contributed by atoms with Crippen LogP contribution >= 0.6 is 0 Å². The number of hydrogen-bond acceptors (Lipinski definition) is 5. The van der Waals surface area contributed by atoms with Crippen LogP contribution < -0.4 is 5.32 Å². The minimum atomic E-state index is -0.377. The molecule has 0 saturated carbocycles. The lowest BCUT2D eigenvalue weighted by molar-refractivity contribution is -0.146. The number of nitrogens with one attached hydrogen (secondary N) is 1. The van der Waals surface area contributed by atoms with Gasteiger partial charge in [-0.15, -0.1) is 0 Å². The molecule has 1 amide bonds. The van der Waals surface area contributed by atoms with E-state index < -0.39 is 0 Å². The van der Waals surface area contributed by atoms with Gasteiger partial charge in [-0.1, -0.05) is 0 Å². The van der Waals surface area contributed by atoms with Gasteiger partial charge in [0.15, 0.2) is 0 Å². The topological polar surface area (TPSA) is 60.0 Å². The zero-order valence-corrected chi connectivity index (χ0v) is 10.6. The van der Waals surface area contributed by atoms with Crippen LogP contribution in [0.15, 0.2) is 0 Å². The van der Waals surface area contributed by atoms with Crippen LogP contribution in [0.2, 0.25) is 0 Å². The molecule has 1 N–H and O–H groups in total. The van der Waals surface area contributed by atoms with Crippen LogP contribution in [-0.2, 0) is 19.0 Å². The van der Waals surface area contributed by atoms with Crippen molar-refractivity contribution in [1.82, 2.24) is 10.2 Å².